The van der Waals surface area contributed by atoms with Crippen molar-refractivity contribution in [3.05, 3.63) is 55.7 Å². The van der Waals surface area contributed by atoms with E-state index in [9.17, 15) is 0 Å². The molecule has 5 heteroatoms. The highest BCUT2D eigenvalue weighted by Gasteiger charge is 2.03. The summed E-state index contributed by atoms with van der Waals surface area (Å²) < 4.78 is 2.16. The number of rotatable bonds is 3. The van der Waals surface area contributed by atoms with Gasteiger partial charge in [0.2, 0.25) is 0 Å². The Balaban J connectivity index is 1.88. The predicted octanol–water partition coefficient (Wildman–Crippen LogP) is 5.43. The molecule has 0 radical (unpaired) electrons. The van der Waals surface area contributed by atoms with Crippen molar-refractivity contribution in [3.63, 3.8) is 0 Å². The predicted molar refractivity (Wildman–Crippen MR) is 88.8 cm³/mol. The van der Waals surface area contributed by atoms with Crippen LogP contribution in [0.1, 0.15) is 4.88 Å². The maximum absolute atomic E-state index is 4.48. The molecule has 0 saturated heterocycles. The van der Waals surface area contributed by atoms with Gasteiger partial charge in [-0.05, 0) is 56.1 Å². The summed E-state index contributed by atoms with van der Waals surface area (Å²) in [4.78, 5) is 5.78. The van der Waals surface area contributed by atoms with Crippen LogP contribution in [0.5, 0.6) is 0 Å². The van der Waals surface area contributed by atoms with E-state index in [1.807, 2.05) is 12.3 Å². The van der Waals surface area contributed by atoms with Crippen LogP contribution in [0, 0.1) is 0 Å². The van der Waals surface area contributed by atoms with Crippen LogP contribution in [0.3, 0.4) is 0 Å². The number of anilines is 1. The van der Waals surface area contributed by atoms with Crippen molar-refractivity contribution in [2.45, 2.75) is 6.54 Å². The summed E-state index contributed by atoms with van der Waals surface area (Å²) >= 11 is 8.67. The van der Waals surface area contributed by atoms with Crippen molar-refractivity contribution >= 4 is 59.8 Å². The molecule has 2 aromatic heterocycles. The lowest BCUT2D eigenvalue weighted by molar-refractivity contribution is 1.19. The summed E-state index contributed by atoms with van der Waals surface area (Å²) in [5.41, 5.74) is 2.07. The molecule has 0 spiro atoms. The molecular formula is C14H10Br2N2S. The van der Waals surface area contributed by atoms with E-state index in [4.69, 9.17) is 0 Å². The first-order valence-corrected chi connectivity index (χ1v) is 8.15. The number of para-hydroxylation sites is 1. The highest BCUT2D eigenvalue weighted by Crippen LogP contribution is 2.26. The lowest BCUT2D eigenvalue weighted by Crippen LogP contribution is -1.98. The maximum atomic E-state index is 4.48. The quantitative estimate of drug-likeness (QED) is 0.636. The lowest BCUT2D eigenvalue weighted by Gasteiger charge is -2.08. The summed E-state index contributed by atoms with van der Waals surface area (Å²) in [7, 11) is 0. The fourth-order valence-corrected chi connectivity index (χ4v) is 3.68. The van der Waals surface area contributed by atoms with E-state index in [-0.39, 0.29) is 0 Å². The van der Waals surface area contributed by atoms with Gasteiger partial charge in [0.15, 0.2) is 0 Å². The largest absolute Gasteiger partial charge is 0.378 e. The normalized spacial score (nSPS) is 10.8. The Morgan fingerprint density at radius 1 is 1.16 bits per heavy atom. The van der Waals surface area contributed by atoms with Crippen LogP contribution in [0.2, 0.25) is 0 Å². The van der Waals surface area contributed by atoms with E-state index in [0.29, 0.717) is 0 Å². The minimum atomic E-state index is 0.813. The second-order valence-corrected chi connectivity index (χ2v) is 7.55. The number of hydrogen-bond acceptors (Lipinski definition) is 3. The van der Waals surface area contributed by atoms with Gasteiger partial charge < -0.3 is 5.32 Å². The van der Waals surface area contributed by atoms with Crippen LogP contribution in [-0.2, 0) is 6.54 Å². The summed E-state index contributed by atoms with van der Waals surface area (Å²) in [6.07, 6.45) is 1.83. The summed E-state index contributed by atoms with van der Waals surface area (Å²) in [5, 5.41) is 4.58. The Hall–Kier alpha value is -0.910. The first kappa shape index (κ1) is 13.1. The lowest BCUT2D eigenvalue weighted by atomic mass is 10.2. The molecule has 0 fully saturated rings. The van der Waals surface area contributed by atoms with E-state index in [0.717, 1.165) is 31.4 Å². The third-order valence-corrected chi connectivity index (χ3v) is 4.82. The second kappa shape index (κ2) is 5.61. The van der Waals surface area contributed by atoms with E-state index in [1.165, 1.54) is 4.88 Å². The minimum absolute atomic E-state index is 0.813. The molecule has 0 atom stereocenters. The van der Waals surface area contributed by atoms with Gasteiger partial charge in [-0.25, -0.2) is 0 Å². The van der Waals surface area contributed by atoms with Crippen LogP contribution in [-0.4, -0.2) is 4.98 Å². The molecule has 0 aliphatic carbocycles. The van der Waals surface area contributed by atoms with Gasteiger partial charge in [0.05, 0.1) is 15.0 Å². The van der Waals surface area contributed by atoms with Gasteiger partial charge in [-0.15, -0.1) is 11.3 Å². The molecule has 2 nitrogen and oxygen atoms in total. The monoisotopic (exact) mass is 396 g/mol. The van der Waals surface area contributed by atoms with E-state index >= 15 is 0 Å². The topological polar surface area (TPSA) is 24.9 Å². The number of nitrogens with zero attached hydrogens (tertiary/aromatic N) is 1. The van der Waals surface area contributed by atoms with Crippen molar-refractivity contribution in [2.75, 3.05) is 5.32 Å². The van der Waals surface area contributed by atoms with Crippen molar-refractivity contribution in [1.29, 1.82) is 0 Å². The minimum Gasteiger partial charge on any atom is -0.378 e. The molecule has 3 aromatic rings. The fourth-order valence-electron chi connectivity index (χ4n) is 1.91. The second-order valence-electron chi connectivity index (χ2n) is 4.09. The molecule has 2 heterocycles. The highest BCUT2D eigenvalue weighted by molar-refractivity contribution is 9.11. The van der Waals surface area contributed by atoms with Gasteiger partial charge in [-0.2, -0.15) is 0 Å². The molecule has 1 N–H and O–H groups in total. The number of fused-ring (bicyclic) bond motifs is 1. The number of thiophene rings is 1. The molecule has 0 unspecified atom stereocenters. The van der Waals surface area contributed by atoms with Gasteiger partial charge in [0.1, 0.15) is 0 Å². The Bertz CT molecular complexity index is 724. The Labute approximate surface area is 132 Å². The fraction of sp³-hybridized carbons (Fsp3) is 0.0714. The van der Waals surface area contributed by atoms with Crippen LogP contribution in [0.4, 0.5) is 5.69 Å². The van der Waals surface area contributed by atoms with E-state index < -0.39 is 0 Å². The molecule has 0 aliphatic rings. The van der Waals surface area contributed by atoms with E-state index in [1.54, 1.807) is 11.3 Å². The Morgan fingerprint density at radius 2 is 2.05 bits per heavy atom. The summed E-state index contributed by atoms with van der Waals surface area (Å²) in [6, 6.07) is 12.4. The van der Waals surface area contributed by atoms with Crippen LogP contribution >= 0.6 is 43.2 Å². The van der Waals surface area contributed by atoms with E-state index in [2.05, 4.69) is 72.5 Å². The van der Waals surface area contributed by atoms with Gasteiger partial charge in [0.25, 0.3) is 0 Å². The maximum Gasteiger partial charge on any atom is 0.0934 e. The zero-order chi connectivity index (χ0) is 13.2. The Kier molecular flexibility index (Phi) is 3.86. The summed E-state index contributed by atoms with van der Waals surface area (Å²) in [6.45, 7) is 0.813. The van der Waals surface area contributed by atoms with Crippen LogP contribution < -0.4 is 5.32 Å². The number of halogens is 2. The van der Waals surface area contributed by atoms with Crippen molar-refractivity contribution < 1.29 is 0 Å². The molecule has 19 heavy (non-hydrogen) atoms. The molecule has 0 saturated carbocycles. The first-order valence-electron chi connectivity index (χ1n) is 5.75. The zero-order valence-corrected chi connectivity index (χ0v) is 13.8. The van der Waals surface area contributed by atoms with Gasteiger partial charge in [0, 0.05) is 27.5 Å². The number of pyridine rings is 1. The molecular weight excluding hydrogens is 388 g/mol. The number of aromatic nitrogens is 1. The standard InChI is InChI=1S/C14H10Br2N2S/c15-10-6-9-2-1-3-12(14(9)18-7-10)17-8-11-4-5-13(16)19-11/h1-7,17H,8H2. The molecule has 1 aromatic carbocycles. The number of benzene rings is 1. The van der Waals surface area contributed by atoms with Crippen molar-refractivity contribution in [1.82, 2.24) is 4.98 Å². The van der Waals surface area contributed by atoms with Crippen LogP contribution in [0.15, 0.2) is 50.9 Å². The molecule has 0 bridgehead atoms. The summed E-state index contributed by atoms with van der Waals surface area (Å²) in [5.74, 6) is 0. The number of hydrogen-bond donors (Lipinski definition) is 1. The third-order valence-electron chi connectivity index (χ3n) is 2.76. The smallest absolute Gasteiger partial charge is 0.0934 e. The van der Waals surface area contributed by atoms with Gasteiger partial charge in [-0.3, -0.25) is 4.98 Å². The third kappa shape index (κ3) is 2.99. The SMILES string of the molecule is Brc1cnc2c(NCc3ccc(Br)s3)cccc2c1. The molecule has 0 amide bonds. The average Bonchev–Trinajstić information content (AvgIpc) is 2.81. The van der Waals surface area contributed by atoms with Crippen molar-refractivity contribution in [2.24, 2.45) is 0 Å². The zero-order valence-electron chi connectivity index (χ0n) is 9.86. The van der Waals surface area contributed by atoms with Gasteiger partial charge in [-0.1, -0.05) is 12.1 Å². The van der Waals surface area contributed by atoms with Gasteiger partial charge >= 0.3 is 0 Å². The average molecular weight is 398 g/mol. The molecule has 96 valence electrons. The molecule has 3 rings (SSSR count). The number of nitrogens with one attached hydrogen (secondary N) is 1. The van der Waals surface area contributed by atoms with Crippen molar-refractivity contribution in [3.8, 4) is 0 Å². The first-order chi connectivity index (χ1) is 9.22. The molecule has 0 aliphatic heterocycles. The Morgan fingerprint density at radius 3 is 2.84 bits per heavy atom. The highest BCUT2D eigenvalue weighted by atomic mass is 79.9. The van der Waals surface area contributed by atoms with Crippen LogP contribution in [0.25, 0.3) is 10.9 Å².